The molecular formula is C13H15FO4. The number of aromatic carboxylic acids is 1. The van der Waals surface area contributed by atoms with Gasteiger partial charge in [-0.1, -0.05) is 0 Å². The summed E-state index contributed by atoms with van der Waals surface area (Å²) < 4.78 is 23.7. The van der Waals surface area contributed by atoms with Gasteiger partial charge in [-0.25, -0.2) is 9.18 Å². The Labute approximate surface area is 104 Å². The maximum Gasteiger partial charge on any atom is 0.339 e. The minimum absolute atomic E-state index is 0.0107. The van der Waals surface area contributed by atoms with Crippen LogP contribution in [0.5, 0.6) is 5.75 Å². The number of halogens is 1. The van der Waals surface area contributed by atoms with Gasteiger partial charge in [0, 0.05) is 19.3 Å². The average molecular weight is 254 g/mol. The summed E-state index contributed by atoms with van der Waals surface area (Å²) in [5.41, 5.74) is -0.0107. The van der Waals surface area contributed by atoms with Crippen molar-refractivity contribution < 1.29 is 23.8 Å². The maximum absolute atomic E-state index is 13.1. The molecule has 1 saturated heterocycles. The van der Waals surface area contributed by atoms with Crippen molar-refractivity contribution in [2.75, 3.05) is 19.8 Å². The van der Waals surface area contributed by atoms with E-state index in [0.29, 0.717) is 25.7 Å². The number of ether oxygens (including phenoxy) is 2. The van der Waals surface area contributed by atoms with Gasteiger partial charge in [-0.3, -0.25) is 0 Å². The van der Waals surface area contributed by atoms with Gasteiger partial charge in [0.1, 0.15) is 17.1 Å². The summed E-state index contributed by atoms with van der Waals surface area (Å²) in [6.45, 7) is 1.79. The number of carboxylic acids is 1. The van der Waals surface area contributed by atoms with Crippen LogP contribution in [0.15, 0.2) is 18.2 Å². The maximum atomic E-state index is 13.1. The summed E-state index contributed by atoms with van der Waals surface area (Å²) in [4.78, 5) is 11.0. The summed E-state index contributed by atoms with van der Waals surface area (Å²) in [5, 5.41) is 8.97. The number of carboxylic acid groups (broad SMARTS) is 1. The molecule has 1 N–H and O–H groups in total. The van der Waals surface area contributed by atoms with Gasteiger partial charge in [0.15, 0.2) is 0 Å². The normalized spacial score (nSPS) is 16.5. The molecule has 0 spiro atoms. The number of rotatable bonds is 4. The van der Waals surface area contributed by atoms with Gasteiger partial charge in [0.05, 0.1) is 6.61 Å². The molecule has 5 heteroatoms. The molecule has 0 saturated carbocycles. The fourth-order valence-corrected chi connectivity index (χ4v) is 1.91. The Hall–Kier alpha value is -1.62. The molecule has 0 amide bonds. The lowest BCUT2D eigenvalue weighted by atomic mass is 10.0. The van der Waals surface area contributed by atoms with E-state index in [4.69, 9.17) is 14.6 Å². The lowest BCUT2D eigenvalue weighted by Crippen LogP contribution is -2.22. The molecule has 2 rings (SSSR count). The second-order valence-corrected chi connectivity index (χ2v) is 4.31. The molecule has 1 aromatic carbocycles. The molecule has 0 aliphatic carbocycles. The summed E-state index contributed by atoms with van der Waals surface area (Å²) in [6, 6.07) is 3.45. The Bertz CT molecular complexity index is 427. The van der Waals surface area contributed by atoms with Gasteiger partial charge < -0.3 is 14.6 Å². The van der Waals surface area contributed by atoms with E-state index in [1.165, 1.54) is 6.07 Å². The lowest BCUT2D eigenvalue weighted by molar-refractivity contribution is 0.0489. The molecule has 1 aliphatic rings. The summed E-state index contributed by atoms with van der Waals surface area (Å²) in [7, 11) is 0. The Morgan fingerprint density at radius 2 is 2.17 bits per heavy atom. The van der Waals surface area contributed by atoms with Crippen LogP contribution in [-0.2, 0) is 4.74 Å². The standard InChI is InChI=1S/C13H15FO4/c14-10-1-2-11(13(15)16)12(7-10)18-8-9-3-5-17-6-4-9/h1-2,7,9H,3-6,8H2,(H,15,16). The molecule has 1 aliphatic heterocycles. The molecule has 0 unspecified atom stereocenters. The first-order valence-corrected chi connectivity index (χ1v) is 5.90. The molecule has 1 heterocycles. The molecule has 0 aromatic heterocycles. The van der Waals surface area contributed by atoms with Crippen molar-refractivity contribution in [1.29, 1.82) is 0 Å². The number of hydrogen-bond acceptors (Lipinski definition) is 3. The zero-order chi connectivity index (χ0) is 13.0. The molecule has 1 aromatic rings. The van der Waals surface area contributed by atoms with E-state index in [-0.39, 0.29) is 11.3 Å². The largest absolute Gasteiger partial charge is 0.492 e. The SMILES string of the molecule is O=C(O)c1ccc(F)cc1OCC1CCOCC1. The van der Waals surface area contributed by atoms with Gasteiger partial charge in [0.2, 0.25) is 0 Å². The summed E-state index contributed by atoms with van der Waals surface area (Å²) in [5.74, 6) is -1.18. The molecule has 98 valence electrons. The first-order chi connectivity index (χ1) is 8.66. The predicted molar refractivity (Wildman–Crippen MR) is 62.4 cm³/mol. The Balaban J connectivity index is 2.03. The minimum Gasteiger partial charge on any atom is -0.492 e. The van der Waals surface area contributed by atoms with E-state index in [1.807, 2.05) is 0 Å². The van der Waals surface area contributed by atoms with E-state index in [2.05, 4.69) is 0 Å². The zero-order valence-electron chi connectivity index (χ0n) is 9.89. The van der Waals surface area contributed by atoms with E-state index in [0.717, 1.165) is 25.0 Å². The Kier molecular flexibility index (Phi) is 4.15. The summed E-state index contributed by atoms with van der Waals surface area (Å²) in [6.07, 6.45) is 1.77. The molecular weight excluding hydrogens is 239 g/mol. The molecule has 0 atom stereocenters. The van der Waals surface area contributed by atoms with Crippen LogP contribution in [-0.4, -0.2) is 30.9 Å². The Morgan fingerprint density at radius 1 is 1.44 bits per heavy atom. The van der Waals surface area contributed by atoms with Gasteiger partial charge in [-0.2, -0.15) is 0 Å². The van der Waals surface area contributed by atoms with Gasteiger partial charge >= 0.3 is 5.97 Å². The fourth-order valence-electron chi connectivity index (χ4n) is 1.91. The first-order valence-electron chi connectivity index (χ1n) is 5.90. The molecule has 18 heavy (non-hydrogen) atoms. The summed E-state index contributed by atoms with van der Waals surface area (Å²) >= 11 is 0. The highest BCUT2D eigenvalue weighted by atomic mass is 19.1. The third kappa shape index (κ3) is 3.20. The highest BCUT2D eigenvalue weighted by Gasteiger charge is 2.17. The third-order valence-corrected chi connectivity index (χ3v) is 2.99. The third-order valence-electron chi connectivity index (χ3n) is 2.99. The monoisotopic (exact) mass is 254 g/mol. The van der Waals surface area contributed by atoms with E-state index >= 15 is 0 Å². The average Bonchev–Trinajstić information content (AvgIpc) is 2.37. The Morgan fingerprint density at radius 3 is 2.83 bits per heavy atom. The van der Waals surface area contributed by atoms with Crippen molar-refractivity contribution in [3.05, 3.63) is 29.6 Å². The first kappa shape index (κ1) is 12.8. The number of carbonyl (C=O) groups is 1. The highest BCUT2D eigenvalue weighted by molar-refractivity contribution is 5.90. The van der Waals surface area contributed by atoms with Gasteiger partial charge in [0.25, 0.3) is 0 Å². The number of hydrogen-bond donors (Lipinski definition) is 1. The number of benzene rings is 1. The topological polar surface area (TPSA) is 55.8 Å². The highest BCUT2D eigenvalue weighted by Crippen LogP contribution is 2.22. The van der Waals surface area contributed by atoms with Crippen molar-refractivity contribution in [3.8, 4) is 5.75 Å². The predicted octanol–water partition coefficient (Wildman–Crippen LogP) is 2.33. The quantitative estimate of drug-likeness (QED) is 0.896. The van der Waals surface area contributed by atoms with Crippen LogP contribution in [0.2, 0.25) is 0 Å². The van der Waals surface area contributed by atoms with Gasteiger partial charge in [-0.15, -0.1) is 0 Å². The minimum atomic E-state index is -1.11. The van der Waals surface area contributed by atoms with Crippen LogP contribution in [0.1, 0.15) is 23.2 Å². The second-order valence-electron chi connectivity index (χ2n) is 4.31. The molecule has 1 fully saturated rings. The van der Waals surface area contributed by atoms with Crippen LogP contribution in [0.3, 0.4) is 0 Å². The van der Waals surface area contributed by atoms with E-state index in [9.17, 15) is 9.18 Å². The second kappa shape index (κ2) is 5.82. The van der Waals surface area contributed by atoms with E-state index in [1.54, 1.807) is 0 Å². The van der Waals surface area contributed by atoms with Crippen LogP contribution in [0, 0.1) is 11.7 Å². The van der Waals surface area contributed by atoms with Crippen LogP contribution >= 0.6 is 0 Å². The van der Waals surface area contributed by atoms with Crippen LogP contribution in [0.4, 0.5) is 4.39 Å². The van der Waals surface area contributed by atoms with Crippen LogP contribution in [0.25, 0.3) is 0 Å². The fraction of sp³-hybridized carbons (Fsp3) is 0.462. The van der Waals surface area contributed by atoms with Crippen molar-refractivity contribution in [3.63, 3.8) is 0 Å². The lowest BCUT2D eigenvalue weighted by Gasteiger charge is -2.22. The molecule has 4 nitrogen and oxygen atoms in total. The van der Waals surface area contributed by atoms with Crippen molar-refractivity contribution in [1.82, 2.24) is 0 Å². The van der Waals surface area contributed by atoms with Crippen molar-refractivity contribution >= 4 is 5.97 Å². The van der Waals surface area contributed by atoms with Crippen molar-refractivity contribution in [2.24, 2.45) is 5.92 Å². The van der Waals surface area contributed by atoms with E-state index < -0.39 is 11.8 Å². The molecule has 0 bridgehead atoms. The zero-order valence-corrected chi connectivity index (χ0v) is 9.89. The van der Waals surface area contributed by atoms with Crippen molar-refractivity contribution in [2.45, 2.75) is 12.8 Å². The van der Waals surface area contributed by atoms with Gasteiger partial charge in [-0.05, 0) is 30.9 Å². The van der Waals surface area contributed by atoms with Crippen LogP contribution < -0.4 is 4.74 Å². The molecule has 0 radical (unpaired) electrons. The smallest absolute Gasteiger partial charge is 0.339 e.